The maximum atomic E-state index is 13.4. The maximum Gasteiger partial charge on any atom is 0.324 e. The molecule has 0 atom stereocenters. The van der Waals surface area contributed by atoms with Gasteiger partial charge in [-0.15, -0.1) is 0 Å². The number of hydrogen-bond donors (Lipinski definition) is 3. The van der Waals surface area contributed by atoms with Crippen molar-refractivity contribution < 1.29 is 23.8 Å². The standard InChI is InChI=1S/C35H37N7O5/c1-35(2,3)30-22-32(42(40-30)23-9-11-24(45-4)12-10-23)39-33(43)37-28-13-14-29(27-8-6-5-7-26(27)28)47-25-15-16-36-31(21-25)38-34(44)41-17-19-46-20-18-41/h5-16,21-22H,17-20H2,1-4H3,(H,36,38,44)(H2,37,39,43). The lowest BCUT2D eigenvalue weighted by Crippen LogP contribution is -2.43. The fraction of sp³-hybridized carbons (Fsp3) is 0.257. The number of urea groups is 2. The first kappa shape index (κ1) is 31.4. The van der Waals surface area contributed by atoms with E-state index in [2.05, 4.69) is 41.7 Å². The molecule has 2 aromatic heterocycles. The average Bonchev–Trinajstić information content (AvgIpc) is 3.51. The van der Waals surface area contributed by atoms with Gasteiger partial charge in [0.25, 0.3) is 0 Å². The Kier molecular flexibility index (Phi) is 8.94. The molecular formula is C35H37N7O5. The number of amides is 4. The molecule has 6 rings (SSSR count). The quantitative estimate of drug-likeness (QED) is 0.175. The van der Waals surface area contributed by atoms with Gasteiger partial charge < -0.3 is 24.4 Å². The molecule has 1 fully saturated rings. The van der Waals surface area contributed by atoms with Crippen LogP contribution in [-0.4, -0.2) is 65.1 Å². The topological polar surface area (TPSA) is 132 Å². The van der Waals surface area contributed by atoms with E-state index >= 15 is 0 Å². The van der Waals surface area contributed by atoms with Gasteiger partial charge in [-0.05, 0) is 42.5 Å². The smallest absolute Gasteiger partial charge is 0.324 e. The van der Waals surface area contributed by atoms with Crippen LogP contribution in [0.25, 0.3) is 16.5 Å². The van der Waals surface area contributed by atoms with E-state index in [0.717, 1.165) is 27.9 Å². The summed E-state index contributed by atoms with van der Waals surface area (Å²) in [5.41, 5.74) is 1.98. The van der Waals surface area contributed by atoms with E-state index < -0.39 is 6.03 Å². The van der Waals surface area contributed by atoms with Crippen molar-refractivity contribution in [3.63, 3.8) is 0 Å². The third-order valence-electron chi connectivity index (χ3n) is 7.66. The Labute approximate surface area is 272 Å². The molecule has 1 aliphatic heterocycles. The number of nitrogens with one attached hydrogen (secondary N) is 3. The van der Waals surface area contributed by atoms with Crippen molar-refractivity contribution in [2.24, 2.45) is 0 Å². The summed E-state index contributed by atoms with van der Waals surface area (Å²) in [4.78, 5) is 32.0. The van der Waals surface area contributed by atoms with Crippen LogP contribution in [0.15, 0.2) is 85.1 Å². The first-order chi connectivity index (χ1) is 22.7. The van der Waals surface area contributed by atoms with Crippen LogP contribution in [0.2, 0.25) is 0 Å². The molecule has 0 unspecified atom stereocenters. The molecule has 0 radical (unpaired) electrons. The molecule has 1 aliphatic rings. The van der Waals surface area contributed by atoms with Gasteiger partial charge in [-0.2, -0.15) is 5.10 Å². The number of nitrogens with zero attached hydrogens (tertiary/aromatic N) is 4. The first-order valence-corrected chi connectivity index (χ1v) is 15.3. The second kappa shape index (κ2) is 13.4. The monoisotopic (exact) mass is 635 g/mol. The van der Waals surface area contributed by atoms with Gasteiger partial charge in [0.1, 0.15) is 28.9 Å². The molecule has 12 nitrogen and oxygen atoms in total. The number of methoxy groups -OCH3 is 1. The Morgan fingerprint density at radius 3 is 2.32 bits per heavy atom. The molecule has 0 saturated carbocycles. The molecule has 0 spiro atoms. The lowest BCUT2D eigenvalue weighted by Gasteiger charge is -2.26. The summed E-state index contributed by atoms with van der Waals surface area (Å²) in [6.45, 7) is 8.28. The van der Waals surface area contributed by atoms with Crippen LogP contribution in [0.4, 0.5) is 26.9 Å². The second-order valence-corrected chi connectivity index (χ2v) is 12.0. The highest BCUT2D eigenvalue weighted by Crippen LogP contribution is 2.35. The van der Waals surface area contributed by atoms with E-state index in [1.165, 1.54) is 0 Å². The Hall–Kier alpha value is -5.62. The van der Waals surface area contributed by atoms with Crippen molar-refractivity contribution >= 4 is 40.2 Å². The number of fused-ring (bicyclic) bond motifs is 1. The molecule has 0 aliphatic carbocycles. The predicted molar refractivity (Wildman–Crippen MR) is 181 cm³/mol. The van der Waals surface area contributed by atoms with Crippen LogP contribution in [0.1, 0.15) is 26.5 Å². The van der Waals surface area contributed by atoms with Crippen molar-refractivity contribution in [1.82, 2.24) is 19.7 Å². The van der Waals surface area contributed by atoms with E-state index in [0.29, 0.717) is 55.1 Å². The van der Waals surface area contributed by atoms with Gasteiger partial charge in [0.15, 0.2) is 0 Å². The van der Waals surface area contributed by atoms with Gasteiger partial charge in [-0.1, -0.05) is 45.0 Å². The van der Waals surface area contributed by atoms with Crippen LogP contribution in [0.5, 0.6) is 17.2 Å². The number of ether oxygens (including phenoxy) is 3. The fourth-order valence-corrected chi connectivity index (χ4v) is 5.12. The van der Waals surface area contributed by atoms with Gasteiger partial charge in [0.2, 0.25) is 0 Å². The molecule has 12 heteroatoms. The molecule has 1 saturated heterocycles. The third-order valence-corrected chi connectivity index (χ3v) is 7.66. The van der Waals surface area contributed by atoms with Gasteiger partial charge in [-0.3, -0.25) is 10.6 Å². The van der Waals surface area contributed by atoms with Crippen LogP contribution < -0.4 is 25.4 Å². The number of carbonyl (C=O) groups is 2. The van der Waals surface area contributed by atoms with Crippen molar-refractivity contribution in [2.75, 3.05) is 49.4 Å². The summed E-state index contributed by atoms with van der Waals surface area (Å²) in [7, 11) is 1.62. The van der Waals surface area contributed by atoms with E-state index in [4.69, 9.17) is 19.3 Å². The average molecular weight is 636 g/mol. The summed E-state index contributed by atoms with van der Waals surface area (Å²) in [5, 5.41) is 15.2. The molecule has 5 aromatic rings. The Balaban J connectivity index is 1.20. The molecule has 47 heavy (non-hydrogen) atoms. The molecule has 4 amide bonds. The zero-order chi connectivity index (χ0) is 33.0. The highest BCUT2D eigenvalue weighted by molar-refractivity contribution is 6.07. The highest BCUT2D eigenvalue weighted by Gasteiger charge is 2.22. The molecule has 3 aromatic carbocycles. The number of carbonyl (C=O) groups excluding carboxylic acids is 2. The van der Waals surface area contributed by atoms with Gasteiger partial charge in [0, 0.05) is 47.6 Å². The van der Waals surface area contributed by atoms with E-state index in [-0.39, 0.29) is 11.4 Å². The number of rotatable bonds is 7. The van der Waals surface area contributed by atoms with E-state index in [9.17, 15) is 9.59 Å². The Morgan fingerprint density at radius 2 is 1.60 bits per heavy atom. The largest absolute Gasteiger partial charge is 0.497 e. The zero-order valence-corrected chi connectivity index (χ0v) is 26.7. The number of anilines is 3. The molecule has 3 heterocycles. The SMILES string of the molecule is COc1ccc(-n2nc(C(C)(C)C)cc2NC(=O)Nc2ccc(Oc3ccnc(NC(=O)N4CCOCC4)c3)c3ccccc23)cc1. The normalized spacial score (nSPS) is 13.2. The Morgan fingerprint density at radius 1 is 0.851 bits per heavy atom. The summed E-state index contributed by atoms with van der Waals surface area (Å²) < 4.78 is 18.6. The number of morpholine rings is 1. The van der Waals surface area contributed by atoms with Gasteiger partial charge >= 0.3 is 12.1 Å². The lowest BCUT2D eigenvalue weighted by atomic mass is 9.92. The van der Waals surface area contributed by atoms with Crippen LogP contribution in [-0.2, 0) is 10.2 Å². The Bertz CT molecular complexity index is 1890. The minimum atomic E-state index is -0.422. The summed E-state index contributed by atoms with van der Waals surface area (Å²) in [5.74, 6) is 2.71. The fourth-order valence-electron chi connectivity index (χ4n) is 5.12. The van der Waals surface area contributed by atoms with Crippen LogP contribution in [0.3, 0.4) is 0 Å². The number of pyridine rings is 1. The van der Waals surface area contributed by atoms with E-state index in [1.807, 2.05) is 54.6 Å². The molecule has 0 bridgehead atoms. The van der Waals surface area contributed by atoms with Crippen molar-refractivity contribution in [3.8, 4) is 22.9 Å². The first-order valence-electron chi connectivity index (χ1n) is 15.3. The number of aromatic nitrogens is 3. The molecular weight excluding hydrogens is 598 g/mol. The van der Waals surface area contributed by atoms with Crippen LogP contribution >= 0.6 is 0 Å². The predicted octanol–water partition coefficient (Wildman–Crippen LogP) is 7.03. The van der Waals surface area contributed by atoms with Crippen molar-refractivity contribution in [2.45, 2.75) is 26.2 Å². The van der Waals surface area contributed by atoms with Crippen LogP contribution in [0, 0.1) is 0 Å². The minimum Gasteiger partial charge on any atom is -0.497 e. The van der Waals surface area contributed by atoms with Gasteiger partial charge in [-0.25, -0.2) is 19.3 Å². The minimum absolute atomic E-state index is 0.236. The summed E-state index contributed by atoms with van der Waals surface area (Å²) >= 11 is 0. The number of hydrogen-bond acceptors (Lipinski definition) is 7. The number of benzene rings is 3. The third kappa shape index (κ3) is 7.28. The van der Waals surface area contributed by atoms with Crippen molar-refractivity contribution in [3.05, 3.63) is 90.8 Å². The zero-order valence-electron chi connectivity index (χ0n) is 26.7. The van der Waals surface area contributed by atoms with Gasteiger partial charge in [0.05, 0.1) is 37.4 Å². The lowest BCUT2D eigenvalue weighted by molar-refractivity contribution is 0.0564. The summed E-state index contributed by atoms with van der Waals surface area (Å²) in [6.07, 6.45) is 1.58. The molecule has 242 valence electrons. The maximum absolute atomic E-state index is 13.4. The molecule has 3 N–H and O–H groups in total. The second-order valence-electron chi connectivity index (χ2n) is 12.0. The van der Waals surface area contributed by atoms with Crippen molar-refractivity contribution in [1.29, 1.82) is 0 Å². The summed E-state index contributed by atoms with van der Waals surface area (Å²) in [6, 6.07) is 23.3. The van der Waals surface area contributed by atoms with E-state index in [1.54, 1.807) is 47.2 Å². The highest BCUT2D eigenvalue weighted by atomic mass is 16.5.